The molecule has 4 rings (SSSR count). The molecule has 0 bridgehead atoms. The van der Waals surface area contributed by atoms with Gasteiger partial charge < -0.3 is 14.7 Å². The Balaban J connectivity index is 1.78. The lowest BCUT2D eigenvalue weighted by Gasteiger charge is -2.44. The number of hydrogen-bond acceptors (Lipinski definition) is 5. The lowest BCUT2D eigenvalue weighted by molar-refractivity contribution is 0.182. The van der Waals surface area contributed by atoms with Gasteiger partial charge in [-0.1, -0.05) is 12.2 Å². The summed E-state index contributed by atoms with van der Waals surface area (Å²) in [5.41, 5.74) is 4.34. The SMILES string of the molecule is CN1CCN(C2=C3CSCC34C/C(=C\C#N)C=CC4N(C)C=C2)CC1. The van der Waals surface area contributed by atoms with Crippen LogP contribution in [0.25, 0.3) is 0 Å². The van der Waals surface area contributed by atoms with Gasteiger partial charge in [0.1, 0.15) is 0 Å². The minimum absolute atomic E-state index is 0.124. The quantitative estimate of drug-likeness (QED) is 0.676. The number of nitrogens with zero attached hydrogens (tertiary/aromatic N) is 4. The number of piperazine rings is 1. The molecule has 4 nitrogen and oxygen atoms in total. The van der Waals surface area contributed by atoms with Crippen molar-refractivity contribution < 1.29 is 0 Å². The summed E-state index contributed by atoms with van der Waals surface area (Å²) >= 11 is 2.06. The van der Waals surface area contributed by atoms with Gasteiger partial charge in [0.15, 0.2) is 0 Å². The van der Waals surface area contributed by atoms with Crippen molar-refractivity contribution in [1.29, 1.82) is 5.26 Å². The van der Waals surface area contributed by atoms with Gasteiger partial charge in [-0.3, -0.25) is 0 Å². The second-order valence-electron chi connectivity index (χ2n) is 7.61. The minimum atomic E-state index is 0.124. The third-order valence-corrected chi connectivity index (χ3v) is 7.31. The van der Waals surface area contributed by atoms with Gasteiger partial charge in [0, 0.05) is 68.1 Å². The molecule has 2 fully saturated rings. The van der Waals surface area contributed by atoms with E-state index in [4.69, 9.17) is 5.26 Å². The van der Waals surface area contributed by atoms with E-state index in [1.165, 1.54) is 11.3 Å². The molecule has 3 aliphatic heterocycles. The van der Waals surface area contributed by atoms with Gasteiger partial charge in [0.05, 0.1) is 12.1 Å². The molecular formula is C20H26N4S. The standard InChI is InChI=1S/C20H26N4S/c1-22-9-11-24(12-10-22)18-6-8-23(2)19-4-3-16(5-7-21)13-20(19)15-25-14-17(18)20/h3-6,8,19H,9-15H2,1-2H3/b16-5-. The van der Waals surface area contributed by atoms with E-state index in [1.54, 1.807) is 11.6 Å². The smallest absolute Gasteiger partial charge is 0.0914 e. The fraction of sp³-hybridized carbons (Fsp3) is 0.550. The molecule has 1 aliphatic carbocycles. The molecule has 2 unspecified atom stereocenters. The molecule has 0 aromatic rings. The fourth-order valence-corrected chi connectivity index (χ4v) is 6.23. The minimum Gasteiger partial charge on any atom is -0.373 e. The molecule has 2 saturated heterocycles. The van der Waals surface area contributed by atoms with Crippen LogP contribution in [0.15, 0.2) is 47.3 Å². The van der Waals surface area contributed by atoms with Gasteiger partial charge in [-0.05, 0) is 30.7 Å². The molecule has 0 N–H and O–H groups in total. The van der Waals surface area contributed by atoms with E-state index in [0.29, 0.717) is 6.04 Å². The summed E-state index contributed by atoms with van der Waals surface area (Å²) in [7, 11) is 4.40. The summed E-state index contributed by atoms with van der Waals surface area (Å²) in [6, 6.07) is 2.62. The predicted octanol–water partition coefficient (Wildman–Crippen LogP) is 2.46. The summed E-state index contributed by atoms with van der Waals surface area (Å²) in [5.74, 6) is 2.26. The number of rotatable bonds is 1. The van der Waals surface area contributed by atoms with Crippen LogP contribution in [0.5, 0.6) is 0 Å². The normalized spacial score (nSPS) is 34.1. The Morgan fingerprint density at radius 1 is 1.24 bits per heavy atom. The number of nitriles is 1. The Labute approximate surface area is 155 Å². The zero-order chi connectivity index (χ0) is 17.4. The van der Waals surface area contributed by atoms with Gasteiger partial charge in [0.25, 0.3) is 0 Å². The van der Waals surface area contributed by atoms with Gasteiger partial charge >= 0.3 is 0 Å². The van der Waals surface area contributed by atoms with Crippen molar-refractivity contribution >= 4 is 11.8 Å². The molecule has 5 heteroatoms. The summed E-state index contributed by atoms with van der Waals surface area (Å²) in [6.07, 6.45) is 11.8. The van der Waals surface area contributed by atoms with Crippen LogP contribution < -0.4 is 0 Å². The van der Waals surface area contributed by atoms with E-state index in [1.807, 2.05) is 0 Å². The van der Waals surface area contributed by atoms with Crippen molar-refractivity contribution in [2.45, 2.75) is 12.5 Å². The largest absolute Gasteiger partial charge is 0.373 e. The van der Waals surface area contributed by atoms with Crippen LogP contribution >= 0.6 is 11.8 Å². The molecule has 0 aromatic heterocycles. The maximum atomic E-state index is 9.13. The summed E-state index contributed by atoms with van der Waals surface area (Å²) < 4.78 is 0. The highest BCUT2D eigenvalue weighted by Crippen LogP contribution is 2.54. The van der Waals surface area contributed by atoms with E-state index in [-0.39, 0.29) is 5.41 Å². The van der Waals surface area contributed by atoms with E-state index in [2.05, 4.69) is 71.1 Å². The number of allylic oxidation sites excluding steroid dienone is 4. The van der Waals surface area contributed by atoms with Gasteiger partial charge in [-0.2, -0.15) is 17.0 Å². The second kappa shape index (κ2) is 6.59. The topological polar surface area (TPSA) is 33.5 Å². The van der Waals surface area contributed by atoms with Crippen LogP contribution in [0.1, 0.15) is 6.42 Å². The summed E-state index contributed by atoms with van der Waals surface area (Å²) in [4.78, 5) is 7.36. The first-order chi connectivity index (χ1) is 12.1. The predicted molar refractivity (Wildman–Crippen MR) is 104 cm³/mol. The third kappa shape index (κ3) is 2.82. The highest BCUT2D eigenvalue weighted by Gasteiger charge is 2.50. The number of thioether (sulfide) groups is 1. The lowest BCUT2D eigenvalue weighted by Crippen LogP contribution is -2.47. The molecule has 3 heterocycles. The highest BCUT2D eigenvalue weighted by atomic mass is 32.2. The Morgan fingerprint density at radius 2 is 2.04 bits per heavy atom. The third-order valence-electron chi connectivity index (χ3n) is 6.09. The van der Waals surface area contributed by atoms with Gasteiger partial charge in [0.2, 0.25) is 0 Å². The van der Waals surface area contributed by atoms with E-state index >= 15 is 0 Å². The van der Waals surface area contributed by atoms with Crippen LogP contribution in [0.2, 0.25) is 0 Å². The van der Waals surface area contributed by atoms with E-state index in [9.17, 15) is 0 Å². The summed E-state index contributed by atoms with van der Waals surface area (Å²) in [5, 5.41) is 9.13. The molecule has 0 amide bonds. The van der Waals surface area contributed by atoms with Gasteiger partial charge in [-0.25, -0.2) is 0 Å². The average molecular weight is 355 g/mol. The zero-order valence-electron chi connectivity index (χ0n) is 15.1. The molecule has 4 aliphatic rings. The fourth-order valence-electron chi connectivity index (χ4n) is 4.68. The van der Waals surface area contributed by atoms with Crippen LogP contribution in [0, 0.1) is 16.7 Å². The average Bonchev–Trinajstić information content (AvgIpc) is 2.95. The first-order valence-electron chi connectivity index (χ1n) is 9.06. The van der Waals surface area contributed by atoms with Crippen LogP contribution in [0.3, 0.4) is 0 Å². The number of likely N-dealkylation sites (N-methyl/N-ethyl adjacent to an activating group) is 2. The molecule has 132 valence electrons. The van der Waals surface area contributed by atoms with Crippen molar-refractivity contribution in [3.05, 3.63) is 47.3 Å². The molecule has 0 aromatic carbocycles. The lowest BCUT2D eigenvalue weighted by atomic mass is 9.68. The molecule has 0 radical (unpaired) electrons. The Kier molecular flexibility index (Phi) is 4.43. The summed E-state index contributed by atoms with van der Waals surface area (Å²) in [6.45, 7) is 4.46. The molecule has 1 spiro atoms. The van der Waals surface area contributed by atoms with Crippen LogP contribution in [0.4, 0.5) is 0 Å². The maximum absolute atomic E-state index is 9.13. The van der Waals surface area contributed by atoms with E-state index < -0.39 is 0 Å². The zero-order valence-corrected chi connectivity index (χ0v) is 15.9. The van der Waals surface area contributed by atoms with Crippen molar-refractivity contribution in [3.63, 3.8) is 0 Å². The van der Waals surface area contributed by atoms with Crippen LogP contribution in [-0.2, 0) is 0 Å². The Morgan fingerprint density at radius 3 is 2.80 bits per heavy atom. The second-order valence-corrected chi connectivity index (χ2v) is 8.60. The Hall–Kier alpha value is -1.64. The first kappa shape index (κ1) is 16.8. The molecule has 2 atom stereocenters. The first-order valence-corrected chi connectivity index (χ1v) is 10.2. The van der Waals surface area contributed by atoms with Crippen molar-refractivity contribution in [3.8, 4) is 6.07 Å². The number of hydrogen-bond donors (Lipinski definition) is 0. The van der Waals surface area contributed by atoms with Crippen molar-refractivity contribution in [2.24, 2.45) is 5.41 Å². The highest BCUT2D eigenvalue weighted by molar-refractivity contribution is 7.99. The van der Waals surface area contributed by atoms with Gasteiger partial charge in [-0.15, -0.1) is 0 Å². The Bertz CT molecular complexity index is 706. The van der Waals surface area contributed by atoms with Crippen molar-refractivity contribution in [1.82, 2.24) is 14.7 Å². The maximum Gasteiger partial charge on any atom is 0.0914 e. The van der Waals surface area contributed by atoms with Crippen LogP contribution in [-0.4, -0.2) is 72.5 Å². The molecular weight excluding hydrogens is 328 g/mol. The van der Waals surface area contributed by atoms with E-state index in [0.717, 1.165) is 44.1 Å². The molecule has 25 heavy (non-hydrogen) atoms. The molecule has 0 saturated carbocycles. The van der Waals surface area contributed by atoms with Crippen molar-refractivity contribution in [2.75, 3.05) is 51.8 Å². The monoisotopic (exact) mass is 354 g/mol.